The standard InChI is InChI=1S/C16H26F3N3O2/c1-20-12-2-3-13(20)9-14(8-12)21-4-6-22(7-5-21)15(23)10-24-11-16(17,18)19/h12-14H,2-11H2,1H3/t12-,13-/m0/s1. The molecule has 1 amide bonds. The molecule has 0 aromatic rings. The van der Waals surface area contributed by atoms with Crippen LogP contribution in [0.25, 0.3) is 0 Å². The van der Waals surface area contributed by atoms with Crippen molar-refractivity contribution in [3.63, 3.8) is 0 Å². The number of carbonyl (C=O) groups is 1. The summed E-state index contributed by atoms with van der Waals surface area (Å²) >= 11 is 0. The number of piperidine rings is 1. The van der Waals surface area contributed by atoms with Crippen molar-refractivity contribution in [1.82, 2.24) is 14.7 Å². The van der Waals surface area contributed by atoms with E-state index in [4.69, 9.17) is 0 Å². The van der Waals surface area contributed by atoms with E-state index in [-0.39, 0.29) is 5.91 Å². The van der Waals surface area contributed by atoms with Gasteiger partial charge in [0.15, 0.2) is 0 Å². The molecule has 2 atom stereocenters. The van der Waals surface area contributed by atoms with Crippen LogP contribution in [0.5, 0.6) is 0 Å². The lowest BCUT2D eigenvalue weighted by atomic mass is 9.96. The lowest BCUT2D eigenvalue weighted by Gasteiger charge is -2.45. The van der Waals surface area contributed by atoms with Crippen LogP contribution in [0.2, 0.25) is 0 Å². The van der Waals surface area contributed by atoms with Crippen LogP contribution < -0.4 is 0 Å². The first-order valence-electron chi connectivity index (χ1n) is 8.72. The second-order valence-electron chi connectivity index (χ2n) is 7.20. The smallest absolute Gasteiger partial charge is 0.362 e. The summed E-state index contributed by atoms with van der Waals surface area (Å²) in [6.45, 7) is 0.915. The Labute approximate surface area is 140 Å². The number of nitrogens with zero attached hydrogens (tertiary/aromatic N) is 3. The van der Waals surface area contributed by atoms with E-state index in [2.05, 4.69) is 21.6 Å². The van der Waals surface area contributed by atoms with E-state index in [1.165, 1.54) is 25.7 Å². The maximum absolute atomic E-state index is 12.0. The van der Waals surface area contributed by atoms with Crippen LogP contribution in [0.4, 0.5) is 13.2 Å². The number of hydrogen-bond acceptors (Lipinski definition) is 4. The molecule has 3 aliphatic heterocycles. The summed E-state index contributed by atoms with van der Waals surface area (Å²) in [7, 11) is 2.22. The number of carbonyl (C=O) groups excluding carboxylic acids is 1. The summed E-state index contributed by atoms with van der Waals surface area (Å²) in [6.07, 6.45) is 0.567. The highest BCUT2D eigenvalue weighted by atomic mass is 19.4. The van der Waals surface area contributed by atoms with Crippen LogP contribution in [0, 0.1) is 0 Å². The Hall–Kier alpha value is -0.860. The molecule has 3 saturated heterocycles. The van der Waals surface area contributed by atoms with Gasteiger partial charge < -0.3 is 14.5 Å². The zero-order valence-electron chi connectivity index (χ0n) is 14.1. The fourth-order valence-corrected chi connectivity index (χ4v) is 4.36. The minimum absolute atomic E-state index is 0.345. The second kappa shape index (κ2) is 7.17. The van der Waals surface area contributed by atoms with Gasteiger partial charge >= 0.3 is 6.18 Å². The molecule has 0 radical (unpaired) electrons. The predicted molar refractivity (Wildman–Crippen MR) is 82.6 cm³/mol. The number of alkyl halides is 3. The van der Waals surface area contributed by atoms with Gasteiger partial charge in [-0.1, -0.05) is 0 Å². The van der Waals surface area contributed by atoms with Gasteiger partial charge in [0.25, 0.3) is 0 Å². The number of ether oxygens (including phenoxy) is 1. The van der Waals surface area contributed by atoms with Crippen LogP contribution in [-0.2, 0) is 9.53 Å². The largest absolute Gasteiger partial charge is 0.411 e. The number of fused-ring (bicyclic) bond motifs is 2. The van der Waals surface area contributed by atoms with Crippen LogP contribution in [0.3, 0.4) is 0 Å². The van der Waals surface area contributed by atoms with Gasteiger partial charge in [-0.15, -0.1) is 0 Å². The topological polar surface area (TPSA) is 36.0 Å². The molecular formula is C16H26F3N3O2. The maximum atomic E-state index is 12.0. The molecule has 0 spiro atoms. The van der Waals surface area contributed by atoms with E-state index in [0.717, 1.165) is 13.1 Å². The minimum Gasteiger partial charge on any atom is -0.362 e. The van der Waals surface area contributed by atoms with E-state index in [1.54, 1.807) is 4.90 Å². The van der Waals surface area contributed by atoms with Crippen LogP contribution in [0.1, 0.15) is 25.7 Å². The molecule has 3 rings (SSSR count). The number of rotatable bonds is 4. The summed E-state index contributed by atoms with van der Waals surface area (Å²) in [6, 6.07) is 1.95. The Morgan fingerprint density at radius 3 is 2.17 bits per heavy atom. The van der Waals surface area contributed by atoms with Crippen molar-refractivity contribution >= 4 is 5.91 Å². The van der Waals surface area contributed by atoms with Crippen molar-refractivity contribution in [1.29, 1.82) is 0 Å². The molecule has 0 aliphatic carbocycles. The van der Waals surface area contributed by atoms with Crippen molar-refractivity contribution in [2.24, 2.45) is 0 Å². The van der Waals surface area contributed by atoms with Crippen molar-refractivity contribution < 1.29 is 22.7 Å². The maximum Gasteiger partial charge on any atom is 0.411 e. The van der Waals surface area contributed by atoms with Gasteiger partial charge in [-0.3, -0.25) is 9.69 Å². The number of amides is 1. The predicted octanol–water partition coefficient (Wildman–Crippen LogP) is 1.33. The molecule has 3 heterocycles. The Morgan fingerprint density at radius 1 is 1.04 bits per heavy atom. The lowest BCUT2D eigenvalue weighted by Crippen LogP contribution is -2.56. The molecule has 0 unspecified atom stereocenters. The van der Waals surface area contributed by atoms with E-state index in [0.29, 0.717) is 31.2 Å². The highest BCUT2D eigenvalue weighted by Crippen LogP contribution is 2.36. The van der Waals surface area contributed by atoms with Crippen LogP contribution >= 0.6 is 0 Å². The van der Waals surface area contributed by atoms with E-state index >= 15 is 0 Å². The first-order valence-corrected chi connectivity index (χ1v) is 8.72. The molecule has 5 nitrogen and oxygen atoms in total. The van der Waals surface area contributed by atoms with Gasteiger partial charge in [0.1, 0.15) is 13.2 Å². The highest BCUT2D eigenvalue weighted by molar-refractivity contribution is 5.77. The molecular weight excluding hydrogens is 323 g/mol. The molecule has 0 N–H and O–H groups in total. The summed E-state index contributed by atoms with van der Waals surface area (Å²) in [5, 5.41) is 0. The molecule has 0 saturated carbocycles. The van der Waals surface area contributed by atoms with Crippen molar-refractivity contribution in [3.05, 3.63) is 0 Å². The highest BCUT2D eigenvalue weighted by Gasteiger charge is 2.41. The SMILES string of the molecule is CN1[C@H]2CC[C@H]1CC(N1CCN(C(=O)COCC(F)(F)F)CC1)C2. The van der Waals surface area contributed by atoms with Gasteiger partial charge in [-0.2, -0.15) is 13.2 Å². The number of hydrogen-bond donors (Lipinski definition) is 0. The molecule has 3 aliphatic rings. The van der Waals surface area contributed by atoms with Crippen molar-refractivity contribution in [3.8, 4) is 0 Å². The number of halogens is 3. The quantitative estimate of drug-likeness (QED) is 0.767. The molecule has 8 heteroatoms. The van der Waals surface area contributed by atoms with Gasteiger partial charge in [-0.05, 0) is 32.7 Å². The Balaban J connectivity index is 1.40. The zero-order valence-corrected chi connectivity index (χ0v) is 14.1. The van der Waals surface area contributed by atoms with Crippen molar-refractivity contribution in [2.75, 3.05) is 46.4 Å². The molecule has 0 aromatic carbocycles. The van der Waals surface area contributed by atoms with Crippen molar-refractivity contribution in [2.45, 2.75) is 50.0 Å². The normalized spacial score (nSPS) is 32.3. The first-order chi connectivity index (χ1) is 11.3. The third-order valence-corrected chi connectivity index (χ3v) is 5.75. The zero-order chi connectivity index (χ0) is 17.3. The van der Waals surface area contributed by atoms with Crippen LogP contribution in [-0.4, -0.2) is 91.3 Å². The van der Waals surface area contributed by atoms with E-state index in [1.807, 2.05) is 0 Å². The molecule has 138 valence electrons. The summed E-state index contributed by atoms with van der Waals surface area (Å²) in [5.41, 5.74) is 0. The molecule has 0 aromatic heterocycles. The van der Waals surface area contributed by atoms with Gasteiger partial charge in [0.2, 0.25) is 5.91 Å². The van der Waals surface area contributed by atoms with Gasteiger partial charge in [0, 0.05) is 44.3 Å². The average Bonchev–Trinajstić information content (AvgIpc) is 2.75. The molecule has 2 bridgehead atoms. The van der Waals surface area contributed by atoms with Gasteiger partial charge in [0.05, 0.1) is 0 Å². The number of piperazine rings is 1. The minimum atomic E-state index is -4.38. The van der Waals surface area contributed by atoms with Crippen LogP contribution in [0.15, 0.2) is 0 Å². The Morgan fingerprint density at radius 2 is 1.62 bits per heavy atom. The van der Waals surface area contributed by atoms with E-state index in [9.17, 15) is 18.0 Å². The lowest BCUT2D eigenvalue weighted by molar-refractivity contribution is -0.178. The van der Waals surface area contributed by atoms with Gasteiger partial charge in [-0.25, -0.2) is 0 Å². The fraction of sp³-hybridized carbons (Fsp3) is 0.938. The summed E-state index contributed by atoms with van der Waals surface area (Å²) in [5.74, 6) is -0.345. The second-order valence-corrected chi connectivity index (χ2v) is 7.20. The van der Waals surface area contributed by atoms with E-state index < -0.39 is 19.4 Å². The molecule has 24 heavy (non-hydrogen) atoms. The summed E-state index contributed by atoms with van der Waals surface area (Å²) in [4.78, 5) is 18.5. The fourth-order valence-electron chi connectivity index (χ4n) is 4.36. The summed E-state index contributed by atoms with van der Waals surface area (Å²) < 4.78 is 40.6. The molecule has 3 fully saturated rings. The third kappa shape index (κ3) is 4.21. The Kier molecular flexibility index (Phi) is 5.36. The Bertz CT molecular complexity index is 438. The average molecular weight is 349 g/mol. The first kappa shape index (κ1) is 17.9. The monoisotopic (exact) mass is 349 g/mol. The third-order valence-electron chi connectivity index (χ3n) is 5.75.